The van der Waals surface area contributed by atoms with Crippen molar-refractivity contribution in [1.29, 1.82) is 0 Å². The Balaban J connectivity index is 2.32. The van der Waals surface area contributed by atoms with Crippen LogP contribution >= 0.6 is 0 Å². The van der Waals surface area contributed by atoms with Crippen LogP contribution in [0.15, 0.2) is 32.3 Å². The van der Waals surface area contributed by atoms with E-state index in [4.69, 9.17) is 4.42 Å². The number of fused-ring (bicyclic) bond motifs is 1. The summed E-state index contributed by atoms with van der Waals surface area (Å²) in [5, 5.41) is 0. The molecule has 0 saturated heterocycles. The number of H-pyrrole nitrogens is 1. The Morgan fingerprint density at radius 3 is 2.94 bits per heavy atom. The molecular formula is C9H10N2O6S. The average molecular weight is 274 g/mol. The number of rotatable bonds is 5. The zero-order valence-electron chi connectivity index (χ0n) is 9.30. The lowest BCUT2D eigenvalue weighted by atomic mass is 10.3. The number of sulfonamides is 1. The third-order valence-corrected chi connectivity index (χ3v) is 3.26. The third-order valence-electron chi connectivity index (χ3n) is 2.05. The fourth-order valence-electron chi connectivity index (χ4n) is 1.30. The minimum atomic E-state index is -3.84. The maximum absolute atomic E-state index is 11.7. The monoisotopic (exact) mass is 274 g/mol. The van der Waals surface area contributed by atoms with Crippen LogP contribution in [0.2, 0.25) is 0 Å². The van der Waals surface area contributed by atoms with Gasteiger partial charge in [0.2, 0.25) is 0 Å². The molecule has 2 aromatic rings. The van der Waals surface area contributed by atoms with Crippen molar-refractivity contribution in [1.82, 2.24) is 9.87 Å². The van der Waals surface area contributed by atoms with E-state index in [1.54, 1.807) is 0 Å². The van der Waals surface area contributed by atoms with Crippen molar-refractivity contribution in [2.24, 2.45) is 0 Å². The molecule has 1 heterocycles. The maximum Gasteiger partial charge on any atom is 0.417 e. The van der Waals surface area contributed by atoms with E-state index in [1.807, 2.05) is 4.89 Å². The van der Waals surface area contributed by atoms with Gasteiger partial charge in [-0.05, 0) is 12.1 Å². The molecule has 1 aromatic carbocycles. The topological polar surface area (TPSA) is 111 Å². The van der Waals surface area contributed by atoms with Gasteiger partial charge >= 0.3 is 5.76 Å². The van der Waals surface area contributed by atoms with Gasteiger partial charge < -0.3 is 9.15 Å². The predicted octanol–water partition coefficient (Wildman–Crippen LogP) is -0.0651. The van der Waals surface area contributed by atoms with Gasteiger partial charge in [-0.15, -0.1) is 0 Å². The standard InChI is InChI=1S/C9H10N2O6S/c1-15-5-16-11-18(13,14)6-2-3-7-8(4-6)17-9(12)10-7/h2-4,11H,5H2,1H3,(H,10,12). The van der Waals surface area contributed by atoms with Crippen molar-refractivity contribution < 1.29 is 22.4 Å². The summed E-state index contributed by atoms with van der Waals surface area (Å²) in [4.78, 5) is 19.7. The first-order valence-corrected chi connectivity index (χ1v) is 6.26. The summed E-state index contributed by atoms with van der Waals surface area (Å²) in [6.07, 6.45) is 0. The van der Waals surface area contributed by atoms with Crippen molar-refractivity contribution in [3.8, 4) is 0 Å². The molecule has 0 aliphatic carbocycles. The number of benzene rings is 1. The maximum atomic E-state index is 11.7. The Kier molecular flexibility index (Phi) is 3.48. The SMILES string of the molecule is COCONS(=O)(=O)c1ccc2[nH]c(=O)oc2c1. The van der Waals surface area contributed by atoms with Gasteiger partial charge in [-0.1, -0.05) is 4.89 Å². The number of ether oxygens (including phenoxy) is 1. The number of aromatic amines is 1. The Bertz CT molecular complexity index is 701. The Hall–Kier alpha value is -1.68. The molecule has 0 bridgehead atoms. The highest BCUT2D eigenvalue weighted by Crippen LogP contribution is 2.16. The van der Waals surface area contributed by atoms with Crippen LogP contribution in [0.3, 0.4) is 0 Å². The summed E-state index contributed by atoms with van der Waals surface area (Å²) in [5.74, 6) is -0.650. The second-order valence-corrected chi connectivity index (χ2v) is 4.96. The number of oxazole rings is 1. The van der Waals surface area contributed by atoms with Gasteiger partial charge in [-0.2, -0.15) is 0 Å². The first-order valence-electron chi connectivity index (χ1n) is 4.78. The second-order valence-electron chi connectivity index (χ2n) is 3.31. The molecule has 18 heavy (non-hydrogen) atoms. The van der Waals surface area contributed by atoms with Crippen LogP contribution in [0.5, 0.6) is 0 Å². The van der Waals surface area contributed by atoms with Crippen molar-refractivity contribution in [2.75, 3.05) is 13.9 Å². The van der Waals surface area contributed by atoms with Crippen LogP contribution in [0, 0.1) is 0 Å². The molecule has 0 spiro atoms. The minimum Gasteiger partial charge on any atom is -0.408 e. The van der Waals surface area contributed by atoms with Gasteiger partial charge in [-0.3, -0.25) is 9.82 Å². The molecule has 0 atom stereocenters. The number of hydrogen-bond donors (Lipinski definition) is 2. The molecule has 9 heteroatoms. The minimum absolute atomic E-state index is 0.0890. The van der Waals surface area contributed by atoms with Crippen LogP contribution in [-0.2, 0) is 19.6 Å². The summed E-state index contributed by atoms with van der Waals surface area (Å²) < 4.78 is 32.8. The van der Waals surface area contributed by atoms with Gasteiger partial charge in [0.15, 0.2) is 12.4 Å². The van der Waals surface area contributed by atoms with Gasteiger partial charge in [0.25, 0.3) is 10.0 Å². The molecule has 8 nitrogen and oxygen atoms in total. The van der Waals surface area contributed by atoms with Crippen LogP contribution in [0.25, 0.3) is 11.1 Å². The van der Waals surface area contributed by atoms with E-state index >= 15 is 0 Å². The largest absolute Gasteiger partial charge is 0.417 e. The molecule has 2 rings (SSSR count). The zero-order valence-corrected chi connectivity index (χ0v) is 10.1. The third kappa shape index (κ3) is 2.59. The summed E-state index contributed by atoms with van der Waals surface area (Å²) in [5.41, 5.74) is 0.561. The molecule has 98 valence electrons. The lowest BCUT2D eigenvalue weighted by Crippen LogP contribution is -2.24. The molecule has 1 aromatic heterocycles. The molecule has 0 fully saturated rings. The smallest absolute Gasteiger partial charge is 0.408 e. The van der Waals surface area contributed by atoms with Crippen LogP contribution in [0.1, 0.15) is 0 Å². The number of methoxy groups -OCH3 is 1. The van der Waals surface area contributed by atoms with Crippen molar-refractivity contribution in [3.63, 3.8) is 0 Å². The fourth-order valence-corrected chi connectivity index (χ4v) is 2.11. The highest BCUT2D eigenvalue weighted by Gasteiger charge is 2.15. The molecular weight excluding hydrogens is 264 g/mol. The second kappa shape index (κ2) is 4.90. The van der Waals surface area contributed by atoms with E-state index in [0.717, 1.165) is 0 Å². The first-order chi connectivity index (χ1) is 8.53. The lowest BCUT2D eigenvalue weighted by molar-refractivity contribution is -0.0540. The summed E-state index contributed by atoms with van der Waals surface area (Å²) in [6, 6.07) is 3.95. The molecule has 0 aliphatic rings. The van der Waals surface area contributed by atoms with Gasteiger partial charge in [0.1, 0.15) is 0 Å². The molecule has 0 unspecified atom stereocenters. The fraction of sp³-hybridized carbons (Fsp3) is 0.222. The first kappa shape index (κ1) is 12.8. The Morgan fingerprint density at radius 2 is 2.22 bits per heavy atom. The Labute approximate surface area is 102 Å². The number of aromatic nitrogens is 1. The molecule has 0 amide bonds. The summed E-state index contributed by atoms with van der Waals surface area (Å²) in [6.45, 7) is -0.222. The lowest BCUT2D eigenvalue weighted by Gasteiger charge is -2.05. The van der Waals surface area contributed by atoms with Gasteiger partial charge in [0.05, 0.1) is 10.4 Å². The normalized spacial score (nSPS) is 12.1. The van der Waals surface area contributed by atoms with Crippen molar-refractivity contribution in [2.45, 2.75) is 4.90 Å². The van der Waals surface area contributed by atoms with Gasteiger partial charge in [0, 0.05) is 13.2 Å². The van der Waals surface area contributed by atoms with Crippen LogP contribution < -0.4 is 10.6 Å². The quantitative estimate of drug-likeness (QED) is 0.449. The van der Waals surface area contributed by atoms with E-state index in [1.165, 1.54) is 25.3 Å². The Morgan fingerprint density at radius 1 is 1.44 bits per heavy atom. The molecule has 0 radical (unpaired) electrons. The zero-order chi connectivity index (χ0) is 13.2. The van der Waals surface area contributed by atoms with E-state index in [0.29, 0.717) is 5.52 Å². The number of hydrogen-bond acceptors (Lipinski definition) is 6. The van der Waals surface area contributed by atoms with E-state index in [9.17, 15) is 13.2 Å². The average Bonchev–Trinajstić information content (AvgIpc) is 2.68. The van der Waals surface area contributed by atoms with Gasteiger partial charge in [-0.25, -0.2) is 13.2 Å². The highest BCUT2D eigenvalue weighted by molar-refractivity contribution is 7.89. The summed E-state index contributed by atoms with van der Waals surface area (Å²) in [7, 11) is -2.49. The summed E-state index contributed by atoms with van der Waals surface area (Å²) >= 11 is 0. The van der Waals surface area contributed by atoms with E-state index in [2.05, 4.69) is 14.6 Å². The predicted molar refractivity (Wildman–Crippen MR) is 60.1 cm³/mol. The highest BCUT2D eigenvalue weighted by atomic mass is 32.2. The molecule has 0 aliphatic heterocycles. The van der Waals surface area contributed by atoms with Crippen molar-refractivity contribution in [3.05, 3.63) is 28.7 Å². The van der Waals surface area contributed by atoms with E-state index in [-0.39, 0.29) is 17.3 Å². The number of nitrogens with one attached hydrogen (secondary N) is 2. The van der Waals surface area contributed by atoms with E-state index < -0.39 is 15.8 Å². The molecule has 2 N–H and O–H groups in total. The van der Waals surface area contributed by atoms with Crippen molar-refractivity contribution >= 4 is 21.1 Å². The van der Waals surface area contributed by atoms with Crippen LogP contribution in [0.4, 0.5) is 0 Å². The molecule has 0 saturated carbocycles. The van der Waals surface area contributed by atoms with Crippen LogP contribution in [-0.4, -0.2) is 27.3 Å².